The first-order valence-electron chi connectivity index (χ1n) is 10.9. The molecule has 152 valence electrons. The van der Waals surface area contributed by atoms with Gasteiger partial charge in [-0.1, -0.05) is 42.5 Å². The highest BCUT2D eigenvalue weighted by Gasteiger charge is 2.24. The lowest BCUT2D eigenvalue weighted by Crippen LogP contribution is -2.28. The summed E-state index contributed by atoms with van der Waals surface area (Å²) in [7, 11) is 2.11. The maximum atomic E-state index is 14.3. The molecule has 0 amide bonds. The highest BCUT2D eigenvalue weighted by Crippen LogP contribution is 2.41. The van der Waals surface area contributed by atoms with Crippen LogP contribution < -0.4 is 4.57 Å². The highest BCUT2D eigenvalue weighted by molar-refractivity contribution is 6.26. The van der Waals surface area contributed by atoms with E-state index in [1.807, 2.05) is 12.1 Å². The van der Waals surface area contributed by atoms with Crippen molar-refractivity contribution in [2.24, 2.45) is 7.05 Å². The van der Waals surface area contributed by atoms with Crippen molar-refractivity contribution in [3.63, 3.8) is 0 Å². The van der Waals surface area contributed by atoms with E-state index in [4.69, 9.17) is 0 Å². The molecule has 0 aliphatic rings. The molecule has 32 heavy (non-hydrogen) atoms. The van der Waals surface area contributed by atoms with E-state index in [0.29, 0.717) is 0 Å². The molecule has 0 N–H and O–H groups in total. The molecule has 3 heterocycles. The van der Waals surface area contributed by atoms with Crippen molar-refractivity contribution in [2.45, 2.75) is 6.92 Å². The standard InChI is InChI=1S/C29H20FN2/c1-17-8-10-22-23-16-21(30)9-11-24(23)32-25-15-20(18-6-4-3-5-7-18)14-19-12-13-31(2)29(27(19)25)26(17)28(22)32/h3-16H,1-2H3/q+1. The number of rotatable bonds is 1. The number of fused-ring (bicyclic) bond motifs is 5. The van der Waals surface area contributed by atoms with Gasteiger partial charge in [-0.15, -0.1) is 0 Å². The third-order valence-electron chi connectivity index (χ3n) is 6.90. The van der Waals surface area contributed by atoms with Crippen molar-refractivity contribution < 1.29 is 8.96 Å². The van der Waals surface area contributed by atoms with Crippen molar-refractivity contribution in [3.8, 4) is 11.1 Å². The number of aromatic nitrogens is 2. The van der Waals surface area contributed by atoms with E-state index >= 15 is 0 Å². The SMILES string of the molecule is Cc1ccc2c3cc(F)ccc3n3c4cc(-c5ccccc5)cc5cc[n+](C)c(c1c23)c54. The number of aryl methyl sites for hydroxylation is 2. The molecule has 0 saturated heterocycles. The summed E-state index contributed by atoms with van der Waals surface area (Å²) in [4.78, 5) is 0. The third-order valence-corrected chi connectivity index (χ3v) is 6.90. The van der Waals surface area contributed by atoms with Gasteiger partial charge in [0.15, 0.2) is 6.20 Å². The molecule has 0 unspecified atom stereocenters. The number of pyridine rings is 2. The van der Waals surface area contributed by atoms with Gasteiger partial charge in [0.25, 0.3) is 0 Å². The summed E-state index contributed by atoms with van der Waals surface area (Å²) in [6.45, 7) is 2.17. The van der Waals surface area contributed by atoms with Crippen LogP contribution in [-0.4, -0.2) is 4.40 Å². The highest BCUT2D eigenvalue weighted by atomic mass is 19.1. The molecule has 0 saturated carbocycles. The van der Waals surface area contributed by atoms with E-state index in [1.54, 1.807) is 12.1 Å². The molecule has 0 aliphatic heterocycles. The number of hydrogen-bond donors (Lipinski definition) is 0. The zero-order chi connectivity index (χ0) is 21.6. The van der Waals surface area contributed by atoms with Gasteiger partial charge in [0, 0.05) is 16.8 Å². The fraction of sp³-hybridized carbons (Fsp3) is 0.0690. The Morgan fingerprint density at radius 2 is 1.59 bits per heavy atom. The average molecular weight is 415 g/mol. The summed E-state index contributed by atoms with van der Waals surface area (Å²) in [6, 6.07) is 26.7. The van der Waals surface area contributed by atoms with Gasteiger partial charge in [-0.25, -0.2) is 8.96 Å². The molecule has 0 fully saturated rings. The normalized spacial score (nSPS) is 12.2. The number of halogens is 1. The van der Waals surface area contributed by atoms with Crippen molar-refractivity contribution in [2.75, 3.05) is 0 Å². The maximum Gasteiger partial charge on any atom is 0.224 e. The molecule has 0 aliphatic carbocycles. The molecule has 0 atom stereocenters. The lowest BCUT2D eigenvalue weighted by molar-refractivity contribution is -0.643. The van der Waals surface area contributed by atoms with Crippen molar-refractivity contribution in [3.05, 3.63) is 96.4 Å². The van der Waals surface area contributed by atoms with Gasteiger partial charge in [0.2, 0.25) is 5.52 Å². The first kappa shape index (κ1) is 17.7. The molecular formula is C29H20FN2+. The number of hydrogen-bond acceptors (Lipinski definition) is 0. The number of nitrogens with zero attached hydrogens (tertiary/aromatic N) is 2. The minimum absolute atomic E-state index is 0.204. The van der Waals surface area contributed by atoms with Gasteiger partial charge in [0.1, 0.15) is 12.9 Å². The van der Waals surface area contributed by atoms with Crippen molar-refractivity contribution in [1.82, 2.24) is 4.40 Å². The van der Waals surface area contributed by atoms with Crippen LogP contribution in [0.4, 0.5) is 4.39 Å². The van der Waals surface area contributed by atoms with Crippen LogP contribution in [0.25, 0.3) is 60.1 Å². The van der Waals surface area contributed by atoms with Crippen LogP contribution in [0.2, 0.25) is 0 Å². The molecule has 7 aromatic rings. The van der Waals surface area contributed by atoms with E-state index in [-0.39, 0.29) is 5.82 Å². The van der Waals surface area contributed by atoms with Gasteiger partial charge in [0.05, 0.1) is 27.3 Å². The third kappa shape index (κ3) is 2.15. The fourth-order valence-electron chi connectivity index (χ4n) is 5.49. The first-order valence-corrected chi connectivity index (χ1v) is 10.9. The molecule has 3 heteroatoms. The summed E-state index contributed by atoms with van der Waals surface area (Å²) in [5.74, 6) is -0.204. The van der Waals surface area contributed by atoms with Gasteiger partial charge >= 0.3 is 0 Å². The van der Waals surface area contributed by atoms with E-state index in [0.717, 1.165) is 27.3 Å². The van der Waals surface area contributed by atoms with Crippen LogP contribution in [-0.2, 0) is 7.05 Å². The fourth-order valence-corrected chi connectivity index (χ4v) is 5.49. The second-order valence-corrected chi connectivity index (χ2v) is 8.75. The number of benzene rings is 4. The Bertz CT molecular complexity index is 1850. The minimum Gasteiger partial charge on any atom is -0.307 e. The van der Waals surface area contributed by atoms with E-state index in [2.05, 4.69) is 83.7 Å². The lowest BCUT2D eigenvalue weighted by Gasteiger charge is -2.14. The van der Waals surface area contributed by atoms with Gasteiger partial charge in [-0.2, -0.15) is 0 Å². The van der Waals surface area contributed by atoms with Crippen LogP contribution in [0.3, 0.4) is 0 Å². The minimum atomic E-state index is -0.204. The summed E-state index contributed by atoms with van der Waals surface area (Å²) in [5.41, 5.74) is 8.16. The molecule has 0 bridgehead atoms. The molecule has 0 radical (unpaired) electrons. The summed E-state index contributed by atoms with van der Waals surface area (Å²) < 4.78 is 18.9. The Hall–Kier alpha value is -3.98. The molecular weight excluding hydrogens is 395 g/mol. The van der Waals surface area contributed by atoms with Crippen molar-refractivity contribution >= 4 is 49.0 Å². The van der Waals surface area contributed by atoms with E-state index < -0.39 is 0 Å². The largest absolute Gasteiger partial charge is 0.307 e. The molecule has 7 rings (SSSR count). The molecule has 0 spiro atoms. The lowest BCUT2D eigenvalue weighted by atomic mass is 9.96. The zero-order valence-electron chi connectivity index (χ0n) is 17.9. The van der Waals surface area contributed by atoms with Crippen LogP contribution in [0.15, 0.2) is 85.1 Å². The monoisotopic (exact) mass is 415 g/mol. The van der Waals surface area contributed by atoms with E-state index in [9.17, 15) is 4.39 Å². The van der Waals surface area contributed by atoms with Crippen LogP contribution in [0, 0.1) is 12.7 Å². The topological polar surface area (TPSA) is 8.29 Å². The second-order valence-electron chi connectivity index (χ2n) is 8.75. The van der Waals surface area contributed by atoms with Crippen LogP contribution >= 0.6 is 0 Å². The summed E-state index contributed by atoms with van der Waals surface area (Å²) in [6.07, 6.45) is 2.15. The van der Waals surface area contributed by atoms with Crippen molar-refractivity contribution in [1.29, 1.82) is 0 Å². The Balaban J connectivity index is 1.85. The smallest absolute Gasteiger partial charge is 0.224 e. The van der Waals surface area contributed by atoms with Gasteiger partial charge in [-0.3, -0.25) is 0 Å². The van der Waals surface area contributed by atoms with Crippen LogP contribution in [0.5, 0.6) is 0 Å². The molecule has 4 aromatic carbocycles. The quantitative estimate of drug-likeness (QED) is 0.156. The van der Waals surface area contributed by atoms with Crippen LogP contribution in [0.1, 0.15) is 5.56 Å². The van der Waals surface area contributed by atoms with Gasteiger partial charge < -0.3 is 4.40 Å². The summed E-state index contributed by atoms with van der Waals surface area (Å²) >= 11 is 0. The summed E-state index contributed by atoms with van der Waals surface area (Å²) in [5, 5.41) is 5.72. The Morgan fingerprint density at radius 3 is 2.44 bits per heavy atom. The second kappa shape index (κ2) is 6.04. The first-order chi connectivity index (χ1) is 15.6. The average Bonchev–Trinajstić information content (AvgIpc) is 3.13. The predicted molar refractivity (Wildman–Crippen MR) is 130 cm³/mol. The molecule has 3 aromatic heterocycles. The predicted octanol–water partition coefficient (Wildman–Crippen LogP) is 6.93. The Morgan fingerprint density at radius 1 is 0.750 bits per heavy atom. The molecule has 2 nitrogen and oxygen atoms in total. The Labute approximate surface area is 184 Å². The zero-order valence-corrected chi connectivity index (χ0v) is 17.9. The van der Waals surface area contributed by atoms with Gasteiger partial charge in [-0.05, 0) is 59.3 Å². The Kier molecular flexibility index (Phi) is 3.34. The maximum absolute atomic E-state index is 14.3. The van der Waals surface area contributed by atoms with E-state index in [1.165, 1.54) is 38.4 Å².